The second kappa shape index (κ2) is 5.15. The third-order valence-electron chi connectivity index (χ3n) is 2.37. The number of hydrogen-bond donors (Lipinski definition) is 1. The van der Waals surface area contributed by atoms with E-state index in [1.165, 1.54) is 18.4 Å². The van der Waals surface area contributed by atoms with Gasteiger partial charge in [0.25, 0.3) is 0 Å². The van der Waals surface area contributed by atoms with Gasteiger partial charge < -0.3 is 5.73 Å². The first kappa shape index (κ1) is 11.2. The van der Waals surface area contributed by atoms with Crippen LogP contribution in [0, 0.1) is 0 Å². The summed E-state index contributed by atoms with van der Waals surface area (Å²) in [6, 6.07) is 0.718. The fourth-order valence-electron chi connectivity index (χ4n) is 1.65. The topological polar surface area (TPSA) is 43.8 Å². The van der Waals surface area contributed by atoms with Gasteiger partial charge in [-0.1, -0.05) is 13.3 Å². The van der Waals surface area contributed by atoms with Crippen molar-refractivity contribution in [1.82, 2.24) is 9.78 Å². The van der Waals surface area contributed by atoms with Crippen LogP contribution in [0.15, 0.2) is 12.4 Å². The zero-order chi connectivity index (χ0) is 10.6. The maximum atomic E-state index is 5.73. The van der Waals surface area contributed by atoms with Crippen molar-refractivity contribution < 1.29 is 0 Å². The van der Waals surface area contributed by atoms with E-state index in [0.717, 1.165) is 6.42 Å². The average molecular weight is 195 g/mol. The van der Waals surface area contributed by atoms with E-state index in [-0.39, 0.29) is 6.04 Å². The van der Waals surface area contributed by atoms with Crippen LogP contribution >= 0.6 is 0 Å². The fraction of sp³-hybridized carbons (Fsp3) is 0.727. The van der Waals surface area contributed by atoms with Crippen LogP contribution in [0.2, 0.25) is 0 Å². The summed E-state index contributed by atoms with van der Waals surface area (Å²) in [5.74, 6) is 0. The van der Waals surface area contributed by atoms with Gasteiger partial charge in [-0.15, -0.1) is 0 Å². The molecule has 0 aliphatic carbocycles. The van der Waals surface area contributed by atoms with Crippen molar-refractivity contribution in [2.24, 2.45) is 5.73 Å². The van der Waals surface area contributed by atoms with E-state index in [1.54, 1.807) is 0 Å². The number of rotatable bonds is 5. The molecule has 0 saturated heterocycles. The SMILES string of the molecule is CCCC(C)n1cc(CC(C)N)cn1. The summed E-state index contributed by atoms with van der Waals surface area (Å²) >= 11 is 0. The molecule has 0 fully saturated rings. The van der Waals surface area contributed by atoms with Gasteiger partial charge in [-0.25, -0.2) is 0 Å². The Kier molecular flexibility index (Phi) is 4.14. The smallest absolute Gasteiger partial charge is 0.0522 e. The molecule has 0 radical (unpaired) electrons. The van der Waals surface area contributed by atoms with E-state index in [4.69, 9.17) is 5.73 Å². The molecule has 2 N–H and O–H groups in total. The second-order valence-corrected chi connectivity index (χ2v) is 4.15. The molecule has 3 heteroatoms. The molecule has 1 heterocycles. The van der Waals surface area contributed by atoms with E-state index >= 15 is 0 Å². The molecule has 0 spiro atoms. The van der Waals surface area contributed by atoms with Crippen LogP contribution in [0.25, 0.3) is 0 Å². The van der Waals surface area contributed by atoms with Gasteiger partial charge >= 0.3 is 0 Å². The standard InChI is InChI=1S/C11H21N3/c1-4-5-10(3)14-8-11(7-13-14)6-9(2)12/h7-10H,4-6,12H2,1-3H3. The second-order valence-electron chi connectivity index (χ2n) is 4.15. The monoisotopic (exact) mass is 195 g/mol. The highest BCUT2D eigenvalue weighted by Gasteiger charge is 2.06. The van der Waals surface area contributed by atoms with Crippen LogP contribution in [-0.4, -0.2) is 15.8 Å². The number of nitrogens with two attached hydrogens (primary N) is 1. The predicted molar refractivity (Wildman–Crippen MR) is 59.2 cm³/mol. The number of nitrogens with zero attached hydrogens (tertiary/aromatic N) is 2. The van der Waals surface area contributed by atoms with Crippen molar-refractivity contribution in [3.05, 3.63) is 18.0 Å². The predicted octanol–water partition coefficient (Wildman–Crippen LogP) is 2.13. The van der Waals surface area contributed by atoms with Crippen molar-refractivity contribution in [3.8, 4) is 0 Å². The minimum atomic E-state index is 0.217. The first-order chi connectivity index (χ1) is 6.63. The van der Waals surface area contributed by atoms with Gasteiger partial charge in [0.1, 0.15) is 0 Å². The molecular formula is C11H21N3. The van der Waals surface area contributed by atoms with Gasteiger partial charge in [0, 0.05) is 18.3 Å². The molecule has 2 atom stereocenters. The van der Waals surface area contributed by atoms with E-state index in [9.17, 15) is 0 Å². The van der Waals surface area contributed by atoms with Gasteiger partial charge in [0.05, 0.1) is 6.20 Å². The molecule has 3 nitrogen and oxygen atoms in total. The molecule has 0 saturated carbocycles. The zero-order valence-corrected chi connectivity index (χ0v) is 9.40. The van der Waals surface area contributed by atoms with E-state index in [2.05, 4.69) is 25.1 Å². The van der Waals surface area contributed by atoms with Gasteiger partial charge in [-0.2, -0.15) is 5.10 Å². The van der Waals surface area contributed by atoms with Gasteiger partial charge in [-0.05, 0) is 32.3 Å². The Balaban J connectivity index is 2.58. The lowest BCUT2D eigenvalue weighted by Crippen LogP contribution is -2.17. The quantitative estimate of drug-likeness (QED) is 0.782. The van der Waals surface area contributed by atoms with Crippen LogP contribution in [0.4, 0.5) is 0 Å². The van der Waals surface area contributed by atoms with Crippen LogP contribution in [-0.2, 0) is 6.42 Å². The molecule has 0 aromatic carbocycles. The Morgan fingerprint density at radius 2 is 2.21 bits per heavy atom. The lowest BCUT2D eigenvalue weighted by atomic mass is 10.1. The number of hydrogen-bond acceptors (Lipinski definition) is 2. The Labute approximate surface area is 86.3 Å². The minimum absolute atomic E-state index is 0.217. The normalized spacial score (nSPS) is 15.4. The molecule has 1 rings (SSSR count). The van der Waals surface area contributed by atoms with Crippen LogP contribution in [0.1, 0.15) is 45.2 Å². The highest BCUT2D eigenvalue weighted by molar-refractivity contribution is 5.06. The molecule has 0 amide bonds. The first-order valence-corrected chi connectivity index (χ1v) is 5.42. The van der Waals surface area contributed by atoms with Crippen molar-refractivity contribution in [1.29, 1.82) is 0 Å². The zero-order valence-electron chi connectivity index (χ0n) is 9.40. The Morgan fingerprint density at radius 3 is 2.79 bits per heavy atom. The molecule has 0 bridgehead atoms. The number of aromatic nitrogens is 2. The third-order valence-corrected chi connectivity index (χ3v) is 2.37. The molecule has 80 valence electrons. The van der Waals surface area contributed by atoms with E-state index in [1.807, 2.05) is 17.8 Å². The summed E-state index contributed by atoms with van der Waals surface area (Å²) in [6.45, 7) is 6.42. The van der Waals surface area contributed by atoms with Gasteiger partial charge in [0.2, 0.25) is 0 Å². The third kappa shape index (κ3) is 3.14. The lowest BCUT2D eigenvalue weighted by molar-refractivity contribution is 0.454. The Bertz CT molecular complexity index is 265. The molecule has 14 heavy (non-hydrogen) atoms. The van der Waals surface area contributed by atoms with Crippen molar-refractivity contribution >= 4 is 0 Å². The Morgan fingerprint density at radius 1 is 1.50 bits per heavy atom. The summed E-state index contributed by atoms with van der Waals surface area (Å²) in [7, 11) is 0. The summed E-state index contributed by atoms with van der Waals surface area (Å²) in [5, 5.41) is 4.35. The molecular weight excluding hydrogens is 174 g/mol. The molecule has 2 unspecified atom stereocenters. The van der Waals surface area contributed by atoms with Crippen LogP contribution < -0.4 is 5.73 Å². The highest BCUT2D eigenvalue weighted by atomic mass is 15.3. The minimum Gasteiger partial charge on any atom is -0.328 e. The Hall–Kier alpha value is -0.830. The fourth-order valence-corrected chi connectivity index (χ4v) is 1.65. The summed E-state index contributed by atoms with van der Waals surface area (Å²) in [5.41, 5.74) is 6.97. The lowest BCUT2D eigenvalue weighted by Gasteiger charge is -2.09. The summed E-state index contributed by atoms with van der Waals surface area (Å²) in [6.07, 6.45) is 7.33. The molecule has 0 aliphatic rings. The van der Waals surface area contributed by atoms with Crippen LogP contribution in [0.5, 0.6) is 0 Å². The van der Waals surface area contributed by atoms with E-state index in [0.29, 0.717) is 6.04 Å². The van der Waals surface area contributed by atoms with Crippen molar-refractivity contribution in [3.63, 3.8) is 0 Å². The maximum absolute atomic E-state index is 5.73. The summed E-state index contributed by atoms with van der Waals surface area (Å²) < 4.78 is 2.04. The average Bonchev–Trinajstić information content (AvgIpc) is 2.52. The van der Waals surface area contributed by atoms with Crippen molar-refractivity contribution in [2.45, 2.75) is 52.1 Å². The maximum Gasteiger partial charge on any atom is 0.0522 e. The molecule has 0 aliphatic heterocycles. The highest BCUT2D eigenvalue weighted by Crippen LogP contribution is 2.12. The van der Waals surface area contributed by atoms with Crippen LogP contribution in [0.3, 0.4) is 0 Å². The van der Waals surface area contributed by atoms with Gasteiger partial charge in [0.15, 0.2) is 0 Å². The van der Waals surface area contributed by atoms with E-state index < -0.39 is 0 Å². The first-order valence-electron chi connectivity index (χ1n) is 5.42. The van der Waals surface area contributed by atoms with Gasteiger partial charge in [-0.3, -0.25) is 4.68 Å². The van der Waals surface area contributed by atoms with Crippen molar-refractivity contribution in [2.75, 3.05) is 0 Å². The summed E-state index contributed by atoms with van der Waals surface area (Å²) in [4.78, 5) is 0. The molecule has 1 aromatic rings. The largest absolute Gasteiger partial charge is 0.328 e. The molecule has 1 aromatic heterocycles.